The van der Waals surface area contributed by atoms with Gasteiger partial charge in [-0.25, -0.2) is 0 Å². The molecule has 3 N–H and O–H groups in total. The third kappa shape index (κ3) is 2.79. The van der Waals surface area contributed by atoms with Gasteiger partial charge in [-0.3, -0.25) is 10.1 Å². The van der Waals surface area contributed by atoms with Crippen LogP contribution in [-0.2, 0) is 0 Å². The van der Waals surface area contributed by atoms with Crippen molar-refractivity contribution in [2.75, 3.05) is 13.4 Å². The molecule has 1 atom stereocenters. The van der Waals surface area contributed by atoms with Crippen molar-refractivity contribution in [1.29, 1.82) is 0 Å². The zero-order valence-electron chi connectivity index (χ0n) is 11.2. The first kappa shape index (κ1) is 16.5. The summed E-state index contributed by atoms with van der Waals surface area (Å²) < 4.78 is 10.3. The zero-order valence-corrected chi connectivity index (χ0v) is 12.0. The van der Waals surface area contributed by atoms with E-state index in [1.54, 1.807) is 13.8 Å². The number of benzene rings is 1. The van der Waals surface area contributed by atoms with Gasteiger partial charge in [0.05, 0.1) is 16.6 Å². The summed E-state index contributed by atoms with van der Waals surface area (Å²) in [5, 5.41) is 20.5. The smallest absolute Gasteiger partial charge is 0.278 e. The molecule has 0 amide bonds. The Kier molecular flexibility index (Phi) is 4.80. The first-order chi connectivity index (χ1) is 8.86. The molecule has 0 saturated carbocycles. The van der Waals surface area contributed by atoms with E-state index >= 15 is 0 Å². The average Bonchev–Trinajstić information content (AvgIpc) is 2.83. The minimum absolute atomic E-state index is 0. The molecule has 1 aromatic rings. The highest BCUT2D eigenvalue weighted by Gasteiger charge is 2.34. The van der Waals surface area contributed by atoms with Gasteiger partial charge in [0.1, 0.15) is 0 Å². The third-order valence-electron chi connectivity index (χ3n) is 3.30. The number of fused-ring (bicyclic) bond motifs is 1. The van der Waals surface area contributed by atoms with Gasteiger partial charge in [0.25, 0.3) is 5.69 Å². The molecule has 20 heavy (non-hydrogen) atoms. The highest BCUT2D eigenvalue weighted by molar-refractivity contribution is 5.85. The van der Waals surface area contributed by atoms with Crippen LogP contribution in [0.1, 0.15) is 25.5 Å². The first-order valence-electron chi connectivity index (χ1n) is 5.81. The fourth-order valence-corrected chi connectivity index (χ4v) is 1.87. The number of aliphatic hydroxyl groups is 1. The summed E-state index contributed by atoms with van der Waals surface area (Å²) >= 11 is 0. The second-order valence-electron chi connectivity index (χ2n) is 5.15. The average molecular weight is 305 g/mol. The molecule has 7 nitrogen and oxygen atoms in total. The van der Waals surface area contributed by atoms with Crippen molar-refractivity contribution < 1.29 is 19.5 Å². The lowest BCUT2D eigenvalue weighted by atomic mass is 9.81. The van der Waals surface area contributed by atoms with Gasteiger partial charge in [-0.1, -0.05) is 13.8 Å². The minimum atomic E-state index is -0.688. The highest BCUT2D eigenvalue weighted by atomic mass is 35.5. The lowest BCUT2D eigenvalue weighted by Gasteiger charge is -2.29. The SMILES string of the molecule is CC(C)(CO)[C@H](N)c1cc2c(cc1[N+](=O)[O-])OCO2.Cl. The molecule has 0 radical (unpaired) electrons. The fraction of sp³-hybridized carbons (Fsp3) is 0.500. The summed E-state index contributed by atoms with van der Waals surface area (Å²) in [6.45, 7) is 3.34. The van der Waals surface area contributed by atoms with Gasteiger partial charge in [0.15, 0.2) is 11.5 Å². The second-order valence-corrected chi connectivity index (χ2v) is 5.15. The fourth-order valence-electron chi connectivity index (χ4n) is 1.87. The van der Waals surface area contributed by atoms with Crippen molar-refractivity contribution >= 4 is 18.1 Å². The Morgan fingerprint density at radius 1 is 1.45 bits per heavy atom. The van der Waals surface area contributed by atoms with Crippen LogP contribution in [0.4, 0.5) is 5.69 Å². The van der Waals surface area contributed by atoms with Crippen molar-refractivity contribution in [2.24, 2.45) is 11.1 Å². The first-order valence-corrected chi connectivity index (χ1v) is 5.81. The van der Waals surface area contributed by atoms with Crippen LogP contribution in [0.5, 0.6) is 11.5 Å². The molecule has 0 saturated heterocycles. The number of nitro groups is 1. The normalized spacial score (nSPS) is 14.6. The van der Waals surface area contributed by atoms with E-state index in [-0.39, 0.29) is 31.5 Å². The number of hydrogen-bond acceptors (Lipinski definition) is 6. The van der Waals surface area contributed by atoms with E-state index in [1.807, 2.05) is 0 Å². The molecule has 0 aliphatic carbocycles. The highest BCUT2D eigenvalue weighted by Crippen LogP contribution is 2.43. The maximum atomic E-state index is 11.1. The Hall–Kier alpha value is -1.57. The van der Waals surface area contributed by atoms with Crippen LogP contribution in [0.15, 0.2) is 12.1 Å². The van der Waals surface area contributed by atoms with Crippen LogP contribution in [0.2, 0.25) is 0 Å². The standard InChI is InChI=1S/C12H16N2O5.ClH/c1-12(2,5-15)11(13)7-3-9-10(19-6-18-9)4-8(7)14(16)17;/h3-4,11,15H,5-6,13H2,1-2H3;1H/t11-;/m1./s1. The van der Waals surface area contributed by atoms with Gasteiger partial charge in [-0.15, -0.1) is 12.4 Å². The molecule has 1 heterocycles. The largest absolute Gasteiger partial charge is 0.454 e. The number of halogens is 1. The molecule has 1 aliphatic heterocycles. The molecule has 2 rings (SSSR count). The van der Waals surface area contributed by atoms with Crippen LogP contribution in [0.3, 0.4) is 0 Å². The Labute approximate surface area is 122 Å². The Morgan fingerprint density at radius 2 is 2.00 bits per heavy atom. The van der Waals surface area contributed by atoms with Crippen molar-refractivity contribution in [3.8, 4) is 11.5 Å². The number of nitrogens with zero attached hydrogens (tertiary/aromatic N) is 1. The molecule has 0 aromatic heterocycles. The molecular weight excluding hydrogens is 288 g/mol. The van der Waals surface area contributed by atoms with Crippen LogP contribution in [-0.4, -0.2) is 23.4 Å². The van der Waals surface area contributed by atoms with E-state index in [0.717, 1.165) is 0 Å². The number of ether oxygens (including phenoxy) is 2. The quantitative estimate of drug-likeness (QED) is 0.648. The number of rotatable bonds is 4. The third-order valence-corrected chi connectivity index (χ3v) is 3.30. The van der Waals surface area contributed by atoms with Gasteiger partial charge < -0.3 is 20.3 Å². The maximum absolute atomic E-state index is 11.1. The van der Waals surface area contributed by atoms with E-state index in [1.165, 1.54) is 12.1 Å². The van der Waals surface area contributed by atoms with E-state index in [9.17, 15) is 15.2 Å². The summed E-state index contributed by atoms with van der Waals surface area (Å²) in [4.78, 5) is 10.6. The summed E-state index contributed by atoms with van der Waals surface area (Å²) in [6.07, 6.45) is 0. The molecular formula is C12H17ClN2O5. The molecule has 8 heteroatoms. The second kappa shape index (κ2) is 5.82. The molecule has 1 aliphatic rings. The molecule has 0 bridgehead atoms. The van der Waals surface area contributed by atoms with Gasteiger partial charge in [0, 0.05) is 18.1 Å². The summed E-state index contributed by atoms with van der Waals surface area (Å²) in [7, 11) is 0. The molecule has 1 aromatic carbocycles. The maximum Gasteiger partial charge on any atom is 0.278 e. The minimum Gasteiger partial charge on any atom is -0.454 e. The number of nitrogens with two attached hydrogens (primary N) is 1. The van der Waals surface area contributed by atoms with E-state index < -0.39 is 16.4 Å². The molecule has 0 spiro atoms. The van der Waals surface area contributed by atoms with Gasteiger partial charge in [-0.05, 0) is 6.07 Å². The summed E-state index contributed by atoms with van der Waals surface area (Å²) in [5.41, 5.74) is 5.57. The lowest BCUT2D eigenvalue weighted by molar-refractivity contribution is -0.386. The predicted octanol–water partition coefficient (Wildman–Crippen LogP) is 1.76. The zero-order chi connectivity index (χ0) is 14.2. The van der Waals surface area contributed by atoms with E-state index in [4.69, 9.17) is 15.2 Å². The number of hydrogen-bond donors (Lipinski definition) is 2. The van der Waals surface area contributed by atoms with E-state index in [2.05, 4.69) is 0 Å². The van der Waals surface area contributed by atoms with Gasteiger partial charge in [0.2, 0.25) is 6.79 Å². The van der Waals surface area contributed by atoms with Crippen molar-refractivity contribution in [1.82, 2.24) is 0 Å². The van der Waals surface area contributed by atoms with Crippen molar-refractivity contribution in [2.45, 2.75) is 19.9 Å². The van der Waals surface area contributed by atoms with Gasteiger partial charge >= 0.3 is 0 Å². The van der Waals surface area contributed by atoms with Crippen molar-refractivity contribution in [3.63, 3.8) is 0 Å². The van der Waals surface area contributed by atoms with Crippen LogP contribution in [0.25, 0.3) is 0 Å². The van der Waals surface area contributed by atoms with Crippen LogP contribution in [0, 0.1) is 15.5 Å². The van der Waals surface area contributed by atoms with Crippen molar-refractivity contribution in [3.05, 3.63) is 27.8 Å². The Morgan fingerprint density at radius 3 is 2.50 bits per heavy atom. The van der Waals surface area contributed by atoms with E-state index in [0.29, 0.717) is 17.1 Å². The van der Waals surface area contributed by atoms with Crippen LogP contribution >= 0.6 is 12.4 Å². The molecule has 112 valence electrons. The van der Waals surface area contributed by atoms with Gasteiger partial charge in [-0.2, -0.15) is 0 Å². The number of nitro benzene ring substituents is 1. The van der Waals surface area contributed by atoms with Crippen LogP contribution < -0.4 is 15.2 Å². The summed E-state index contributed by atoms with van der Waals surface area (Å²) in [6, 6.07) is 2.14. The monoisotopic (exact) mass is 304 g/mol. The Balaban J connectivity index is 0.00000200. The topological polar surface area (TPSA) is 108 Å². The summed E-state index contributed by atoms with van der Waals surface area (Å²) in [5.74, 6) is 0.772. The number of aliphatic hydroxyl groups excluding tert-OH is 1. The molecule has 0 unspecified atom stereocenters. The Bertz CT molecular complexity index is 521. The molecule has 0 fully saturated rings. The lowest BCUT2D eigenvalue weighted by Crippen LogP contribution is -2.32. The predicted molar refractivity (Wildman–Crippen MR) is 74.3 cm³/mol.